The van der Waals surface area contributed by atoms with Crippen molar-refractivity contribution in [2.75, 3.05) is 12.4 Å². The van der Waals surface area contributed by atoms with Crippen LogP contribution in [-0.2, 0) is 0 Å². The lowest BCUT2D eigenvalue weighted by Gasteiger charge is -2.20. The van der Waals surface area contributed by atoms with E-state index >= 15 is 0 Å². The van der Waals surface area contributed by atoms with E-state index in [1.807, 2.05) is 24.3 Å². The van der Waals surface area contributed by atoms with Gasteiger partial charge in [0.2, 0.25) is 0 Å². The third kappa shape index (κ3) is 3.51. The van der Waals surface area contributed by atoms with Crippen molar-refractivity contribution in [1.82, 2.24) is 0 Å². The van der Waals surface area contributed by atoms with Crippen LogP contribution in [0.1, 0.15) is 24.9 Å². The Morgan fingerprint density at radius 1 is 1.25 bits per heavy atom. The molecule has 1 N–H and O–H groups in total. The van der Waals surface area contributed by atoms with Crippen LogP contribution >= 0.6 is 15.9 Å². The van der Waals surface area contributed by atoms with Gasteiger partial charge in [0.25, 0.3) is 0 Å². The highest BCUT2D eigenvalue weighted by Crippen LogP contribution is 2.31. The van der Waals surface area contributed by atoms with E-state index in [1.54, 1.807) is 19.2 Å². The van der Waals surface area contributed by atoms with Crippen molar-refractivity contribution in [3.05, 3.63) is 58.3 Å². The van der Waals surface area contributed by atoms with Gasteiger partial charge in [-0.2, -0.15) is 0 Å². The summed E-state index contributed by atoms with van der Waals surface area (Å²) in [6.45, 7) is 2.07. The first-order valence-corrected chi connectivity index (χ1v) is 7.29. The minimum absolute atomic E-state index is 0.0501. The SMILES string of the molecule is CCC(Nc1cc(OC)ccc1Br)c1cccc(F)c1. The summed E-state index contributed by atoms with van der Waals surface area (Å²) in [7, 11) is 1.64. The van der Waals surface area contributed by atoms with Crippen molar-refractivity contribution in [3.8, 4) is 5.75 Å². The number of methoxy groups -OCH3 is 1. The molecule has 0 saturated carbocycles. The summed E-state index contributed by atoms with van der Waals surface area (Å²) in [6.07, 6.45) is 0.854. The van der Waals surface area contributed by atoms with E-state index in [0.717, 1.165) is 27.9 Å². The first kappa shape index (κ1) is 14.9. The van der Waals surface area contributed by atoms with Crippen LogP contribution in [0.4, 0.5) is 10.1 Å². The molecule has 0 aliphatic rings. The highest BCUT2D eigenvalue weighted by Gasteiger charge is 2.12. The van der Waals surface area contributed by atoms with Crippen molar-refractivity contribution >= 4 is 21.6 Å². The molecule has 0 spiro atoms. The fourth-order valence-corrected chi connectivity index (χ4v) is 2.44. The summed E-state index contributed by atoms with van der Waals surface area (Å²) in [6, 6.07) is 12.5. The average Bonchev–Trinajstić information content (AvgIpc) is 2.46. The second-order valence-corrected chi connectivity index (χ2v) is 5.36. The molecule has 0 saturated heterocycles. The summed E-state index contributed by atoms with van der Waals surface area (Å²) < 4.78 is 19.5. The van der Waals surface area contributed by atoms with Gasteiger partial charge in [0, 0.05) is 10.5 Å². The van der Waals surface area contributed by atoms with E-state index in [0.29, 0.717) is 0 Å². The van der Waals surface area contributed by atoms with Crippen molar-refractivity contribution < 1.29 is 9.13 Å². The minimum Gasteiger partial charge on any atom is -0.497 e. The van der Waals surface area contributed by atoms with E-state index in [2.05, 4.69) is 28.2 Å². The van der Waals surface area contributed by atoms with Gasteiger partial charge in [-0.05, 0) is 52.2 Å². The van der Waals surface area contributed by atoms with Gasteiger partial charge in [0.15, 0.2) is 0 Å². The number of nitrogens with one attached hydrogen (secondary N) is 1. The maximum Gasteiger partial charge on any atom is 0.123 e. The van der Waals surface area contributed by atoms with Crippen LogP contribution in [0.2, 0.25) is 0 Å². The molecule has 0 heterocycles. The smallest absolute Gasteiger partial charge is 0.123 e. The van der Waals surface area contributed by atoms with Crippen LogP contribution in [0.25, 0.3) is 0 Å². The normalized spacial score (nSPS) is 12.0. The Morgan fingerprint density at radius 3 is 2.70 bits per heavy atom. The standard InChI is InChI=1S/C16H17BrFNO/c1-3-15(11-5-4-6-12(18)9-11)19-16-10-13(20-2)7-8-14(16)17/h4-10,15,19H,3H2,1-2H3. The summed E-state index contributed by atoms with van der Waals surface area (Å²) in [5, 5.41) is 3.42. The van der Waals surface area contributed by atoms with Crippen LogP contribution in [-0.4, -0.2) is 7.11 Å². The van der Waals surface area contributed by atoms with Crippen LogP contribution < -0.4 is 10.1 Å². The molecule has 20 heavy (non-hydrogen) atoms. The first-order chi connectivity index (χ1) is 9.63. The summed E-state index contributed by atoms with van der Waals surface area (Å²) >= 11 is 3.51. The summed E-state index contributed by atoms with van der Waals surface area (Å²) in [5.74, 6) is 0.567. The molecule has 0 fully saturated rings. The maximum atomic E-state index is 13.3. The van der Waals surface area contributed by atoms with Gasteiger partial charge >= 0.3 is 0 Å². The van der Waals surface area contributed by atoms with E-state index in [9.17, 15) is 4.39 Å². The van der Waals surface area contributed by atoms with Crippen molar-refractivity contribution in [2.24, 2.45) is 0 Å². The molecule has 4 heteroatoms. The highest BCUT2D eigenvalue weighted by molar-refractivity contribution is 9.10. The Kier molecular flexibility index (Phi) is 5.01. The van der Waals surface area contributed by atoms with Crippen molar-refractivity contribution in [1.29, 1.82) is 0 Å². The fourth-order valence-electron chi connectivity index (χ4n) is 2.07. The molecule has 0 radical (unpaired) electrons. The maximum absolute atomic E-state index is 13.3. The van der Waals surface area contributed by atoms with Crippen LogP contribution in [0.5, 0.6) is 5.75 Å². The number of halogens is 2. The van der Waals surface area contributed by atoms with E-state index in [-0.39, 0.29) is 11.9 Å². The molecular weight excluding hydrogens is 321 g/mol. The quantitative estimate of drug-likeness (QED) is 0.813. The highest BCUT2D eigenvalue weighted by atomic mass is 79.9. The summed E-state index contributed by atoms with van der Waals surface area (Å²) in [5.41, 5.74) is 1.86. The molecule has 0 amide bonds. The molecule has 106 valence electrons. The molecule has 2 rings (SSSR count). The third-order valence-corrected chi connectivity index (χ3v) is 3.85. The minimum atomic E-state index is -0.215. The number of hydrogen-bond donors (Lipinski definition) is 1. The van der Waals surface area contributed by atoms with Crippen molar-refractivity contribution in [2.45, 2.75) is 19.4 Å². The molecular formula is C16H17BrFNO. The van der Waals surface area contributed by atoms with Crippen LogP contribution in [0, 0.1) is 5.82 Å². The lowest BCUT2D eigenvalue weighted by Crippen LogP contribution is -2.10. The molecule has 2 aromatic rings. The van der Waals surface area contributed by atoms with Gasteiger partial charge in [0.1, 0.15) is 11.6 Å². The first-order valence-electron chi connectivity index (χ1n) is 6.49. The predicted octanol–water partition coefficient (Wildman–Crippen LogP) is 5.16. The van der Waals surface area contributed by atoms with Gasteiger partial charge in [0.05, 0.1) is 18.8 Å². The van der Waals surface area contributed by atoms with Gasteiger partial charge in [-0.1, -0.05) is 19.1 Å². The number of ether oxygens (including phenoxy) is 1. The lowest BCUT2D eigenvalue weighted by atomic mass is 10.0. The number of hydrogen-bond acceptors (Lipinski definition) is 2. The van der Waals surface area contributed by atoms with Crippen LogP contribution in [0.15, 0.2) is 46.9 Å². The molecule has 0 aliphatic carbocycles. The largest absolute Gasteiger partial charge is 0.497 e. The Bertz CT molecular complexity index is 588. The van der Waals surface area contributed by atoms with E-state index in [1.165, 1.54) is 6.07 Å². The third-order valence-electron chi connectivity index (χ3n) is 3.16. The topological polar surface area (TPSA) is 21.3 Å². The fraction of sp³-hybridized carbons (Fsp3) is 0.250. The predicted molar refractivity (Wildman–Crippen MR) is 83.7 cm³/mol. The van der Waals surface area contributed by atoms with Gasteiger partial charge in [-0.25, -0.2) is 4.39 Å². The molecule has 2 aromatic carbocycles. The second-order valence-electron chi connectivity index (χ2n) is 4.51. The Hall–Kier alpha value is -1.55. The monoisotopic (exact) mass is 337 g/mol. The zero-order valence-corrected chi connectivity index (χ0v) is 13.1. The average molecular weight is 338 g/mol. The van der Waals surface area contributed by atoms with Crippen LogP contribution in [0.3, 0.4) is 0 Å². The van der Waals surface area contributed by atoms with Gasteiger partial charge < -0.3 is 10.1 Å². The molecule has 0 aliphatic heterocycles. The Labute approximate surface area is 127 Å². The zero-order chi connectivity index (χ0) is 14.5. The molecule has 1 unspecified atom stereocenters. The lowest BCUT2D eigenvalue weighted by molar-refractivity contribution is 0.415. The van der Waals surface area contributed by atoms with Crippen molar-refractivity contribution in [3.63, 3.8) is 0 Å². The Morgan fingerprint density at radius 2 is 2.05 bits per heavy atom. The van der Waals surface area contributed by atoms with E-state index < -0.39 is 0 Å². The van der Waals surface area contributed by atoms with E-state index in [4.69, 9.17) is 4.74 Å². The number of rotatable bonds is 5. The number of anilines is 1. The summed E-state index contributed by atoms with van der Waals surface area (Å²) in [4.78, 5) is 0. The zero-order valence-electron chi connectivity index (χ0n) is 11.5. The molecule has 0 bridgehead atoms. The molecule has 2 nitrogen and oxygen atoms in total. The number of benzene rings is 2. The molecule has 1 atom stereocenters. The second kappa shape index (κ2) is 6.75. The van der Waals surface area contributed by atoms with Gasteiger partial charge in [-0.3, -0.25) is 0 Å². The molecule has 0 aromatic heterocycles. The van der Waals surface area contributed by atoms with Gasteiger partial charge in [-0.15, -0.1) is 0 Å². The Balaban J connectivity index is 2.26.